The average molecular weight is 433 g/mol. The molecule has 8 heteroatoms. The van der Waals surface area contributed by atoms with Crippen LogP contribution in [0.3, 0.4) is 0 Å². The molecule has 0 aliphatic carbocycles. The number of pyridine rings is 1. The second kappa shape index (κ2) is 8.32. The van der Waals surface area contributed by atoms with Crippen molar-refractivity contribution in [2.24, 2.45) is 0 Å². The Kier molecular flexibility index (Phi) is 5.75. The molecule has 4 rings (SSSR count). The quantitative estimate of drug-likeness (QED) is 0.513. The summed E-state index contributed by atoms with van der Waals surface area (Å²) in [6.07, 6.45) is 4.31. The number of hydrogen-bond donors (Lipinski definition) is 0. The summed E-state index contributed by atoms with van der Waals surface area (Å²) in [5, 5.41) is 2.70. The molecule has 0 saturated carbocycles. The molecule has 2 aromatic rings. The first-order chi connectivity index (χ1) is 14.5. The maximum absolute atomic E-state index is 12.6. The number of rotatable bonds is 6. The first kappa shape index (κ1) is 20.8. The molecule has 160 valence electrons. The second-order valence-corrected chi connectivity index (χ2v) is 8.07. The van der Waals surface area contributed by atoms with Gasteiger partial charge >= 0.3 is 5.97 Å². The summed E-state index contributed by atoms with van der Waals surface area (Å²) in [5.41, 5.74) is 2.32. The van der Waals surface area contributed by atoms with Gasteiger partial charge in [0.15, 0.2) is 5.43 Å². The maximum Gasteiger partial charge on any atom is 0.343 e. The van der Waals surface area contributed by atoms with Crippen molar-refractivity contribution in [3.05, 3.63) is 50.8 Å². The number of nitrogens with zero attached hydrogens (tertiary/aromatic N) is 2. The Bertz CT molecular complexity index is 1030. The molecule has 1 aromatic carbocycles. The molecule has 1 fully saturated rings. The fourth-order valence-electron chi connectivity index (χ4n) is 4.37. The number of esters is 1. The maximum atomic E-state index is 12.6. The molecule has 2 aliphatic rings. The fraction of sp³-hybridized carbons (Fsp3) is 0.455. The van der Waals surface area contributed by atoms with E-state index in [1.54, 1.807) is 13.3 Å². The molecule has 7 nitrogen and oxygen atoms in total. The van der Waals surface area contributed by atoms with Crippen LogP contribution in [-0.2, 0) is 9.47 Å². The number of ether oxygens (including phenoxy) is 3. The zero-order valence-electron chi connectivity index (χ0n) is 17.3. The third-order valence-electron chi connectivity index (χ3n) is 5.80. The van der Waals surface area contributed by atoms with Gasteiger partial charge < -0.3 is 19.2 Å². The highest BCUT2D eigenvalue weighted by molar-refractivity contribution is 6.32. The third kappa shape index (κ3) is 3.46. The van der Waals surface area contributed by atoms with Crippen LogP contribution >= 0.6 is 11.6 Å². The SMILES string of the molecule is COCCCOc1cc2c(cc1Cl)-c1cc(=O)c(C(=O)OC)cn1N1[C@@H]2CC[C@@H]1C. The van der Waals surface area contributed by atoms with Gasteiger partial charge in [-0.15, -0.1) is 0 Å². The lowest BCUT2D eigenvalue weighted by Crippen LogP contribution is -2.43. The summed E-state index contributed by atoms with van der Waals surface area (Å²) >= 11 is 6.52. The van der Waals surface area contributed by atoms with Gasteiger partial charge in [0, 0.05) is 44.0 Å². The molecule has 30 heavy (non-hydrogen) atoms. The molecule has 0 N–H and O–H groups in total. The topological polar surface area (TPSA) is 70.0 Å². The minimum absolute atomic E-state index is 0.0201. The fourth-order valence-corrected chi connectivity index (χ4v) is 4.59. The minimum Gasteiger partial charge on any atom is -0.492 e. The monoisotopic (exact) mass is 432 g/mol. The molecule has 2 aliphatic heterocycles. The molecule has 0 bridgehead atoms. The number of halogens is 1. The smallest absolute Gasteiger partial charge is 0.343 e. The van der Waals surface area contributed by atoms with Gasteiger partial charge in [-0.2, -0.15) is 0 Å². The average Bonchev–Trinajstić information content (AvgIpc) is 3.12. The van der Waals surface area contributed by atoms with E-state index >= 15 is 0 Å². The van der Waals surface area contributed by atoms with Crippen molar-refractivity contribution >= 4 is 17.6 Å². The molecular formula is C22H25ClN2O5. The van der Waals surface area contributed by atoms with Gasteiger partial charge in [-0.3, -0.25) is 9.47 Å². The van der Waals surface area contributed by atoms with Crippen LogP contribution in [0, 0.1) is 0 Å². The molecule has 0 radical (unpaired) electrons. The first-order valence-corrected chi connectivity index (χ1v) is 10.4. The van der Waals surface area contributed by atoms with Gasteiger partial charge in [0.05, 0.1) is 30.5 Å². The zero-order valence-corrected chi connectivity index (χ0v) is 18.1. The summed E-state index contributed by atoms with van der Waals surface area (Å²) in [6.45, 7) is 3.27. The lowest BCUT2D eigenvalue weighted by molar-refractivity contribution is 0.0598. The number of carbonyl (C=O) groups excluding carboxylic acids is 1. The summed E-state index contributed by atoms with van der Waals surface area (Å²) < 4.78 is 17.7. The Labute approximate surface area is 180 Å². The van der Waals surface area contributed by atoms with Crippen molar-refractivity contribution in [3.63, 3.8) is 0 Å². The Morgan fingerprint density at radius 3 is 2.73 bits per heavy atom. The van der Waals surface area contributed by atoms with Crippen molar-refractivity contribution in [1.29, 1.82) is 0 Å². The Morgan fingerprint density at radius 1 is 1.20 bits per heavy atom. The summed E-state index contributed by atoms with van der Waals surface area (Å²) in [7, 11) is 2.93. The highest BCUT2D eigenvalue weighted by Crippen LogP contribution is 2.46. The van der Waals surface area contributed by atoms with Gasteiger partial charge in [0.1, 0.15) is 11.3 Å². The van der Waals surface area contributed by atoms with Crippen molar-refractivity contribution < 1.29 is 19.0 Å². The number of fused-ring (bicyclic) bond motifs is 6. The van der Waals surface area contributed by atoms with E-state index in [4.69, 9.17) is 25.8 Å². The van der Waals surface area contributed by atoms with E-state index < -0.39 is 5.97 Å². The van der Waals surface area contributed by atoms with Crippen LogP contribution in [0.5, 0.6) is 5.75 Å². The highest BCUT2D eigenvalue weighted by Gasteiger charge is 2.39. The highest BCUT2D eigenvalue weighted by atomic mass is 35.5. The van der Waals surface area contributed by atoms with Gasteiger partial charge in [-0.25, -0.2) is 4.79 Å². The van der Waals surface area contributed by atoms with Gasteiger partial charge in [-0.1, -0.05) is 11.6 Å². The van der Waals surface area contributed by atoms with E-state index in [9.17, 15) is 9.59 Å². The lowest BCUT2D eigenvalue weighted by atomic mass is 9.94. The van der Waals surface area contributed by atoms with Crippen LogP contribution in [0.1, 0.15) is 48.1 Å². The molecule has 0 amide bonds. The third-order valence-corrected chi connectivity index (χ3v) is 6.10. The molecule has 2 atom stereocenters. The Morgan fingerprint density at radius 2 is 2.00 bits per heavy atom. The summed E-state index contributed by atoms with van der Waals surface area (Å²) in [6, 6.07) is 5.68. The molecule has 1 aromatic heterocycles. The van der Waals surface area contributed by atoms with E-state index in [2.05, 4.69) is 11.9 Å². The molecule has 3 heterocycles. The van der Waals surface area contributed by atoms with Crippen molar-refractivity contribution in [2.75, 3.05) is 32.4 Å². The van der Waals surface area contributed by atoms with E-state index in [0.29, 0.717) is 29.7 Å². The normalized spacial score (nSPS) is 19.1. The van der Waals surface area contributed by atoms with Gasteiger partial charge in [0.25, 0.3) is 0 Å². The Hall–Kier alpha value is -2.51. The van der Waals surface area contributed by atoms with Crippen LogP contribution in [0.25, 0.3) is 11.3 Å². The summed E-state index contributed by atoms with van der Waals surface area (Å²) in [5.74, 6) is -0.00432. The van der Waals surface area contributed by atoms with E-state index in [-0.39, 0.29) is 23.1 Å². The van der Waals surface area contributed by atoms with Gasteiger partial charge in [0.2, 0.25) is 0 Å². The molecular weight excluding hydrogens is 408 g/mol. The predicted octanol–water partition coefficient (Wildman–Crippen LogP) is 3.55. The van der Waals surface area contributed by atoms with Crippen molar-refractivity contribution in [2.45, 2.75) is 38.3 Å². The van der Waals surface area contributed by atoms with Crippen LogP contribution in [0.2, 0.25) is 5.02 Å². The number of aromatic nitrogens is 1. The number of carbonyl (C=O) groups is 1. The number of benzene rings is 1. The predicted molar refractivity (Wildman–Crippen MR) is 114 cm³/mol. The largest absolute Gasteiger partial charge is 0.492 e. The first-order valence-electron chi connectivity index (χ1n) is 10.1. The van der Waals surface area contributed by atoms with E-state index in [1.807, 2.05) is 16.8 Å². The van der Waals surface area contributed by atoms with Crippen molar-refractivity contribution in [3.8, 4) is 17.0 Å². The van der Waals surface area contributed by atoms with E-state index in [1.165, 1.54) is 13.2 Å². The zero-order chi connectivity index (χ0) is 21.4. The summed E-state index contributed by atoms with van der Waals surface area (Å²) in [4.78, 5) is 24.7. The second-order valence-electron chi connectivity index (χ2n) is 7.66. The van der Waals surface area contributed by atoms with Gasteiger partial charge in [-0.05, 0) is 37.5 Å². The van der Waals surface area contributed by atoms with Crippen LogP contribution in [0.15, 0.2) is 29.2 Å². The van der Waals surface area contributed by atoms with E-state index in [0.717, 1.165) is 30.4 Å². The number of methoxy groups -OCH3 is 2. The number of hydrogen-bond acceptors (Lipinski definition) is 6. The van der Waals surface area contributed by atoms with Crippen LogP contribution in [0.4, 0.5) is 0 Å². The van der Waals surface area contributed by atoms with Crippen LogP contribution < -0.4 is 15.2 Å². The molecule has 1 saturated heterocycles. The molecule has 0 unspecified atom stereocenters. The minimum atomic E-state index is -0.637. The van der Waals surface area contributed by atoms with Crippen molar-refractivity contribution in [1.82, 2.24) is 4.68 Å². The standard InChI is InChI=1S/C22H25ClN2O5/c1-13-5-6-18-15-10-21(30-8-4-7-28-2)17(23)9-14(15)19-11-20(26)16(22(27)29-3)12-24(19)25(13)18/h9-13,18H,4-8H2,1-3H3/t13-,18+/m0/s1. The Balaban J connectivity index is 1.82. The molecule has 0 spiro atoms. The lowest BCUT2D eigenvalue weighted by Gasteiger charge is -2.40. The van der Waals surface area contributed by atoms with Crippen LogP contribution in [-0.4, -0.2) is 44.1 Å².